The fourth-order valence-electron chi connectivity index (χ4n) is 1.60. The molecule has 0 saturated heterocycles. The number of amides is 1. The first-order chi connectivity index (χ1) is 8.88. The fraction of sp³-hybridized carbons (Fsp3) is 0.462. The molecule has 1 aromatic rings. The number of alkyl halides is 2. The van der Waals surface area contributed by atoms with E-state index >= 15 is 0 Å². The van der Waals surface area contributed by atoms with Crippen molar-refractivity contribution in [2.45, 2.75) is 32.9 Å². The van der Waals surface area contributed by atoms with Crippen molar-refractivity contribution < 1.29 is 18.3 Å². The van der Waals surface area contributed by atoms with Gasteiger partial charge in [0, 0.05) is 11.8 Å². The SMILES string of the molecule is CC(C)CC(N)C(=O)Nc1cccc(OC(F)F)c1. The lowest BCUT2D eigenvalue weighted by Crippen LogP contribution is -2.36. The normalized spacial score (nSPS) is 12.6. The predicted octanol–water partition coefficient (Wildman–Crippen LogP) is 2.60. The number of anilines is 1. The second-order valence-electron chi connectivity index (χ2n) is 4.63. The van der Waals surface area contributed by atoms with Crippen molar-refractivity contribution in [2.75, 3.05) is 5.32 Å². The number of ether oxygens (including phenoxy) is 1. The first-order valence-electron chi connectivity index (χ1n) is 5.99. The van der Waals surface area contributed by atoms with Crippen LogP contribution >= 0.6 is 0 Å². The Morgan fingerprint density at radius 3 is 2.68 bits per heavy atom. The van der Waals surface area contributed by atoms with Crippen LogP contribution < -0.4 is 15.8 Å². The maximum absolute atomic E-state index is 12.1. The highest BCUT2D eigenvalue weighted by molar-refractivity contribution is 5.94. The molecule has 1 rings (SSSR count). The van der Waals surface area contributed by atoms with Gasteiger partial charge in [-0.3, -0.25) is 4.79 Å². The third kappa shape index (κ3) is 5.65. The molecule has 3 N–H and O–H groups in total. The topological polar surface area (TPSA) is 64.4 Å². The molecule has 0 fully saturated rings. The first kappa shape index (κ1) is 15.4. The molecule has 0 heterocycles. The zero-order valence-corrected chi connectivity index (χ0v) is 10.9. The van der Waals surface area contributed by atoms with Crippen LogP contribution in [0.4, 0.5) is 14.5 Å². The Hall–Kier alpha value is -1.69. The van der Waals surface area contributed by atoms with Crippen LogP contribution in [0.5, 0.6) is 5.75 Å². The largest absolute Gasteiger partial charge is 0.435 e. The number of hydrogen-bond acceptors (Lipinski definition) is 3. The number of rotatable bonds is 6. The summed E-state index contributed by atoms with van der Waals surface area (Å²) < 4.78 is 28.4. The van der Waals surface area contributed by atoms with E-state index in [1.54, 1.807) is 6.07 Å². The maximum atomic E-state index is 12.1. The summed E-state index contributed by atoms with van der Waals surface area (Å²) in [6, 6.07) is 5.18. The van der Waals surface area contributed by atoms with Gasteiger partial charge in [-0.1, -0.05) is 19.9 Å². The van der Waals surface area contributed by atoms with Crippen molar-refractivity contribution in [1.29, 1.82) is 0 Å². The molecule has 0 aliphatic rings. The van der Waals surface area contributed by atoms with Gasteiger partial charge in [-0.2, -0.15) is 8.78 Å². The van der Waals surface area contributed by atoms with Crippen LogP contribution in [0.3, 0.4) is 0 Å². The molecule has 1 unspecified atom stereocenters. The van der Waals surface area contributed by atoms with Gasteiger partial charge < -0.3 is 15.8 Å². The number of carbonyl (C=O) groups is 1. The lowest BCUT2D eigenvalue weighted by Gasteiger charge is -2.14. The van der Waals surface area contributed by atoms with Crippen molar-refractivity contribution in [3.8, 4) is 5.75 Å². The second kappa shape index (κ2) is 7.04. The van der Waals surface area contributed by atoms with Crippen LogP contribution in [-0.2, 0) is 4.79 Å². The van der Waals surface area contributed by atoms with Gasteiger partial charge in [0.05, 0.1) is 6.04 Å². The highest BCUT2D eigenvalue weighted by atomic mass is 19.3. The second-order valence-corrected chi connectivity index (χ2v) is 4.63. The summed E-state index contributed by atoms with van der Waals surface area (Å²) >= 11 is 0. The molecule has 0 bridgehead atoms. The van der Waals surface area contributed by atoms with Crippen LogP contribution in [0.2, 0.25) is 0 Å². The third-order valence-corrected chi connectivity index (χ3v) is 2.39. The first-order valence-corrected chi connectivity index (χ1v) is 5.99. The molecule has 0 radical (unpaired) electrons. The molecule has 6 heteroatoms. The van der Waals surface area contributed by atoms with E-state index in [0.29, 0.717) is 18.0 Å². The number of carbonyl (C=O) groups excluding carboxylic acids is 1. The number of nitrogens with one attached hydrogen (secondary N) is 1. The minimum atomic E-state index is -2.89. The molecule has 106 valence electrons. The van der Waals surface area contributed by atoms with Crippen LogP contribution in [0.25, 0.3) is 0 Å². The zero-order chi connectivity index (χ0) is 14.4. The molecule has 1 amide bonds. The van der Waals surface area contributed by atoms with E-state index in [1.807, 2.05) is 13.8 Å². The molecular weight excluding hydrogens is 254 g/mol. The highest BCUT2D eigenvalue weighted by Gasteiger charge is 2.15. The average Bonchev–Trinajstić information content (AvgIpc) is 2.27. The molecule has 0 aliphatic heterocycles. The monoisotopic (exact) mass is 272 g/mol. The van der Waals surface area contributed by atoms with Crippen molar-refractivity contribution in [3.63, 3.8) is 0 Å². The summed E-state index contributed by atoms with van der Waals surface area (Å²) in [5, 5.41) is 2.57. The van der Waals surface area contributed by atoms with E-state index < -0.39 is 12.7 Å². The van der Waals surface area contributed by atoms with E-state index in [0.717, 1.165) is 0 Å². The maximum Gasteiger partial charge on any atom is 0.387 e. The van der Waals surface area contributed by atoms with Gasteiger partial charge in [-0.15, -0.1) is 0 Å². The van der Waals surface area contributed by atoms with Gasteiger partial charge in [0.2, 0.25) is 5.91 Å². The summed E-state index contributed by atoms with van der Waals surface area (Å²) in [5.41, 5.74) is 6.10. The van der Waals surface area contributed by atoms with E-state index in [4.69, 9.17) is 5.73 Å². The molecule has 1 aromatic carbocycles. The lowest BCUT2D eigenvalue weighted by molar-refractivity contribution is -0.117. The Balaban J connectivity index is 2.63. The Labute approximate surface area is 110 Å². The van der Waals surface area contributed by atoms with E-state index in [-0.39, 0.29) is 11.7 Å². The van der Waals surface area contributed by atoms with Gasteiger partial charge in [-0.05, 0) is 24.5 Å². The Bertz CT molecular complexity index is 425. The molecule has 19 heavy (non-hydrogen) atoms. The summed E-state index contributed by atoms with van der Waals surface area (Å²) in [6.07, 6.45) is 0.555. The number of nitrogens with two attached hydrogens (primary N) is 1. The van der Waals surface area contributed by atoms with E-state index in [9.17, 15) is 13.6 Å². The summed E-state index contributed by atoms with van der Waals surface area (Å²) in [6.45, 7) is 1.03. The summed E-state index contributed by atoms with van der Waals surface area (Å²) in [4.78, 5) is 11.8. The van der Waals surface area contributed by atoms with Crippen LogP contribution in [0, 0.1) is 5.92 Å². The van der Waals surface area contributed by atoms with E-state index in [2.05, 4.69) is 10.1 Å². The van der Waals surface area contributed by atoms with Gasteiger partial charge in [0.25, 0.3) is 0 Å². The smallest absolute Gasteiger partial charge is 0.387 e. The zero-order valence-electron chi connectivity index (χ0n) is 10.9. The molecule has 1 atom stereocenters. The predicted molar refractivity (Wildman–Crippen MR) is 69.1 cm³/mol. The Kier molecular flexibility index (Phi) is 5.69. The molecule has 0 aromatic heterocycles. The number of benzene rings is 1. The van der Waals surface area contributed by atoms with Crippen LogP contribution in [0.15, 0.2) is 24.3 Å². The van der Waals surface area contributed by atoms with Crippen molar-refractivity contribution in [2.24, 2.45) is 11.7 Å². The molecule has 0 aliphatic carbocycles. The minimum Gasteiger partial charge on any atom is -0.435 e. The highest BCUT2D eigenvalue weighted by Crippen LogP contribution is 2.19. The molecular formula is C13H18F2N2O2. The van der Waals surface area contributed by atoms with Gasteiger partial charge in [0.1, 0.15) is 5.75 Å². The summed E-state index contributed by atoms with van der Waals surface area (Å²) in [5.74, 6) is -0.0534. The molecule has 4 nitrogen and oxygen atoms in total. The fourth-order valence-corrected chi connectivity index (χ4v) is 1.60. The average molecular weight is 272 g/mol. The number of halogens is 2. The lowest BCUT2D eigenvalue weighted by atomic mass is 10.0. The molecule has 0 saturated carbocycles. The third-order valence-electron chi connectivity index (χ3n) is 2.39. The van der Waals surface area contributed by atoms with Crippen molar-refractivity contribution >= 4 is 11.6 Å². The van der Waals surface area contributed by atoms with Gasteiger partial charge in [0.15, 0.2) is 0 Å². The Morgan fingerprint density at radius 1 is 1.42 bits per heavy atom. The summed E-state index contributed by atoms with van der Waals surface area (Å²) in [7, 11) is 0. The standard InChI is InChI=1S/C13H18F2N2O2/c1-8(2)6-11(16)12(18)17-9-4-3-5-10(7-9)19-13(14)15/h3-5,7-8,11,13H,6,16H2,1-2H3,(H,17,18). The minimum absolute atomic E-state index is 0.00905. The number of hydrogen-bond donors (Lipinski definition) is 2. The van der Waals surface area contributed by atoms with Crippen LogP contribution in [0.1, 0.15) is 20.3 Å². The van der Waals surface area contributed by atoms with Crippen molar-refractivity contribution in [3.05, 3.63) is 24.3 Å². The Morgan fingerprint density at radius 2 is 2.11 bits per heavy atom. The van der Waals surface area contributed by atoms with Crippen LogP contribution in [-0.4, -0.2) is 18.6 Å². The quantitative estimate of drug-likeness (QED) is 0.836. The molecule has 0 spiro atoms. The van der Waals surface area contributed by atoms with Gasteiger partial charge >= 0.3 is 6.61 Å². The van der Waals surface area contributed by atoms with Gasteiger partial charge in [-0.25, -0.2) is 0 Å². The van der Waals surface area contributed by atoms with Crippen molar-refractivity contribution in [1.82, 2.24) is 0 Å². The van der Waals surface area contributed by atoms with E-state index in [1.165, 1.54) is 18.2 Å².